The third-order valence-corrected chi connectivity index (χ3v) is 15.0. The average Bonchev–Trinajstić information content (AvgIpc) is 4.12. The molecule has 1 aliphatic carbocycles. The number of alkyl halides is 3. The van der Waals surface area contributed by atoms with Crippen LogP contribution in [0.25, 0.3) is 28.2 Å². The van der Waals surface area contributed by atoms with Crippen molar-refractivity contribution in [2.45, 2.75) is 101 Å². The molecule has 3 saturated heterocycles. The van der Waals surface area contributed by atoms with Gasteiger partial charge in [-0.05, 0) is 87.4 Å². The number of benzene rings is 2. The molecule has 4 aliphatic rings. The summed E-state index contributed by atoms with van der Waals surface area (Å²) in [5.41, 5.74) is 8.86. The number of urea groups is 1. The fourth-order valence-corrected chi connectivity index (χ4v) is 10.6. The summed E-state index contributed by atoms with van der Waals surface area (Å²) in [6.07, 6.45) is 10.7. The number of rotatable bonds is 18. The number of carbonyl (C=O) groups is 6. The van der Waals surface area contributed by atoms with Gasteiger partial charge in [-0.25, -0.2) is 14.8 Å². The zero-order chi connectivity index (χ0) is 55.6. The number of fused-ring (bicyclic) bond motifs is 1. The molecule has 6 N–H and O–H groups in total. The third kappa shape index (κ3) is 14.0. The number of hydrogen-bond donors (Lipinski definition) is 5. The largest absolute Gasteiger partial charge is 0.495 e. The van der Waals surface area contributed by atoms with Crippen LogP contribution in [0.4, 0.5) is 35.3 Å². The Balaban J connectivity index is 0.771. The molecule has 79 heavy (non-hydrogen) atoms. The highest BCUT2D eigenvalue weighted by atomic mass is 19.4. The number of likely N-dealkylation sites (tertiary alicyclic amines) is 2. The standard InChI is InChI=1S/C56H65F3N12O8/c1-78-44-15-14-37(31-43(44)71-30-22-47(73)65-55(71)77)54(76)70-27-19-42(20-28-70)79-41-17-25-68(26-18-41)34-48(74)69(29-21-46(72)63-40-8-3-2-4-9-40)24-6-5-7-38-33-62-52(60)49-50(66-67-51(38)49)35-10-12-36(13-11-35)53(75)64-45-32-39(16-23-61-45)56(57,58)59/h5,7,10-16,23,31-33,40-42H,2-4,6,8-9,17-22,24-30,34H2,1H3,(H2,60,62)(H,63,72)(H,66,67)(H,61,64,75)(H,65,73,77)/b7-5+. The number of carbonyl (C=O) groups excluding carboxylic acids is 6. The number of ether oxygens (including phenoxy) is 2. The summed E-state index contributed by atoms with van der Waals surface area (Å²) in [5, 5.41) is 16.0. The van der Waals surface area contributed by atoms with Crippen LogP contribution in [-0.2, 0) is 25.3 Å². The highest BCUT2D eigenvalue weighted by molar-refractivity contribution is 6.08. The monoisotopic (exact) mass is 1090 g/mol. The first kappa shape index (κ1) is 55.8. The lowest BCUT2D eigenvalue weighted by molar-refractivity contribution is -0.137. The van der Waals surface area contributed by atoms with Gasteiger partial charge in [0.1, 0.15) is 22.9 Å². The average molecular weight is 1090 g/mol. The minimum atomic E-state index is -4.59. The van der Waals surface area contributed by atoms with E-state index in [1.165, 1.54) is 30.6 Å². The van der Waals surface area contributed by atoms with Gasteiger partial charge in [0.15, 0.2) is 0 Å². The number of nitrogen functional groups attached to an aromatic ring is 1. The maximum absolute atomic E-state index is 14.1. The minimum Gasteiger partial charge on any atom is -0.495 e. The fourth-order valence-electron chi connectivity index (χ4n) is 10.6. The quantitative estimate of drug-likeness (QED) is 0.0584. The Morgan fingerprint density at radius 1 is 0.873 bits per heavy atom. The number of aromatic nitrogens is 4. The molecular weight excluding hydrogens is 1030 g/mol. The molecule has 418 valence electrons. The van der Waals surface area contributed by atoms with Crippen LogP contribution in [-0.4, -0.2) is 148 Å². The van der Waals surface area contributed by atoms with Gasteiger partial charge in [0.25, 0.3) is 11.8 Å². The number of hydrogen-bond acceptors (Lipinski definition) is 13. The number of pyridine rings is 2. The third-order valence-electron chi connectivity index (χ3n) is 15.0. The van der Waals surface area contributed by atoms with Crippen molar-refractivity contribution in [3.05, 3.63) is 95.3 Å². The van der Waals surface area contributed by atoms with E-state index in [1.807, 2.05) is 12.2 Å². The van der Waals surface area contributed by atoms with E-state index in [4.69, 9.17) is 15.2 Å². The van der Waals surface area contributed by atoms with E-state index in [0.717, 1.165) is 56.9 Å². The van der Waals surface area contributed by atoms with E-state index < -0.39 is 23.7 Å². The van der Waals surface area contributed by atoms with E-state index in [9.17, 15) is 41.9 Å². The highest BCUT2D eigenvalue weighted by Crippen LogP contribution is 2.35. The van der Waals surface area contributed by atoms with Crippen molar-refractivity contribution in [1.29, 1.82) is 0 Å². The minimum absolute atomic E-state index is 0.00986. The van der Waals surface area contributed by atoms with Crippen LogP contribution in [0.15, 0.2) is 73.1 Å². The van der Waals surface area contributed by atoms with Gasteiger partial charge in [0.2, 0.25) is 17.7 Å². The summed E-state index contributed by atoms with van der Waals surface area (Å²) in [7, 11) is 1.49. The van der Waals surface area contributed by atoms with Crippen LogP contribution in [0, 0.1) is 0 Å². The molecule has 3 aromatic heterocycles. The lowest BCUT2D eigenvalue weighted by atomic mass is 9.95. The number of H-pyrrole nitrogens is 1. The molecule has 0 spiro atoms. The van der Waals surface area contributed by atoms with Crippen molar-refractivity contribution >= 4 is 69.9 Å². The zero-order valence-electron chi connectivity index (χ0n) is 44.0. The lowest BCUT2D eigenvalue weighted by Crippen LogP contribution is -2.49. The molecule has 7 amide bonds. The van der Waals surface area contributed by atoms with Crippen molar-refractivity contribution in [1.82, 2.24) is 45.5 Å². The molecule has 6 heterocycles. The van der Waals surface area contributed by atoms with Crippen molar-refractivity contribution in [2.24, 2.45) is 0 Å². The molecule has 9 rings (SSSR count). The van der Waals surface area contributed by atoms with Gasteiger partial charge in [0, 0.05) is 99.3 Å². The molecule has 0 unspecified atom stereocenters. The Morgan fingerprint density at radius 2 is 1.59 bits per heavy atom. The van der Waals surface area contributed by atoms with Gasteiger partial charge in [-0.15, -0.1) is 0 Å². The van der Waals surface area contributed by atoms with Gasteiger partial charge in [-0.1, -0.05) is 43.5 Å². The first-order valence-corrected chi connectivity index (χ1v) is 26.9. The summed E-state index contributed by atoms with van der Waals surface area (Å²) >= 11 is 0. The summed E-state index contributed by atoms with van der Waals surface area (Å²) in [6, 6.07) is 12.5. The van der Waals surface area contributed by atoms with Gasteiger partial charge in [-0.3, -0.25) is 44.2 Å². The molecular formula is C56H65F3N12O8. The second-order valence-electron chi connectivity index (χ2n) is 20.3. The summed E-state index contributed by atoms with van der Waals surface area (Å²) in [4.78, 5) is 93.6. The molecule has 4 fully saturated rings. The topological polar surface area (TPSA) is 250 Å². The Bertz CT molecular complexity index is 3060. The lowest BCUT2D eigenvalue weighted by Gasteiger charge is -2.37. The molecule has 0 radical (unpaired) electrons. The van der Waals surface area contributed by atoms with Crippen LogP contribution in [0.3, 0.4) is 0 Å². The SMILES string of the molecule is COc1ccc(C(=O)N2CCC(OC3CCN(CC(=O)N(CC/C=C/c4cnc(N)c5c(-c6ccc(C(=O)Nc7cc(C(F)(F)F)ccn7)cc6)[nH]nc45)CCC(=O)NC4CCCCC4)CC3)CC2)cc1N1CCC(=O)NC1=O. The van der Waals surface area contributed by atoms with Crippen LogP contribution in [0.2, 0.25) is 0 Å². The number of methoxy groups -OCH3 is 1. The predicted molar refractivity (Wildman–Crippen MR) is 289 cm³/mol. The number of piperidine rings is 2. The predicted octanol–water partition coefficient (Wildman–Crippen LogP) is 7.18. The number of nitrogens with one attached hydrogen (secondary N) is 4. The second kappa shape index (κ2) is 25.3. The maximum Gasteiger partial charge on any atom is 0.416 e. The zero-order valence-corrected chi connectivity index (χ0v) is 44.0. The van der Waals surface area contributed by atoms with E-state index in [-0.39, 0.29) is 91.6 Å². The second-order valence-corrected chi connectivity index (χ2v) is 20.3. The first-order chi connectivity index (χ1) is 38.1. The number of aromatic amines is 1. The number of imide groups is 1. The molecule has 2 aromatic carbocycles. The number of anilines is 3. The molecule has 1 saturated carbocycles. The van der Waals surface area contributed by atoms with Gasteiger partial charge < -0.3 is 35.6 Å². The summed E-state index contributed by atoms with van der Waals surface area (Å²) in [5.74, 6) is -0.897. The van der Waals surface area contributed by atoms with Crippen LogP contribution < -0.4 is 31.3 Å². The molecule has 0 bridgehead atoms. The molecule has 20 nitrogen and oxygen atoms in total. The summed E-state index contributed by atoms with van der Waals surface area (Å²) in [6.45, 7) is 3.35. The molecule has 0 atom stereocenters. The number of nitrogens with two attached hydrogens (primary N) is 1. The number of nitrogens with zero attached hydrogens (tertiary/aromatic N) is 7. The van der Waals surface area contributed by atoms with Crippen molar-refractivity contribution in [3.63, 3.8) is 0 Å². The van der Waals surface area contributed by atoms with Crippen LogP contribution in [0.1, 0.15) is 109 Å². The Kier molecular flexibility index (Phi) is 17.8. The number of halogens is 3. The van der Waals surface area contributed by atoms with Gasteiger partial charge >= 0.3 is 12.2 Å². The molecule has 5 aromatic rings. The molecule has 3 aliphatic heterocycles. The Labute approximate surface area is 454 Å². The normalized spacial score (nSPS) is 17.3. The Hall–Kier alpha value is -7.92. The van der Waals surface area contributed by atoms with Gasteiger partial charge in [0.05, 0.1) is 48.2 Å². The van der Waals surface area contributed by atoms with E-state index >= 15 is 0 Å². The first-order valence-electron chi connectivity index (χ1n) is 26.9. The summed E-state index contributed by atoms with van der Waals surface area (Å²) < 4.78 is 51.7. The van der Waals surface area contributed by atoms with Crippen molar-refractivity contribution in [2.75, 3.05) is 75.4 Å². The highest BCUT2D eigenvalue weighted by Gasteiger charge is 2.33. The Morgan fingerprint density at radius 3 is 2.30 bits per heavy atom. The van der Waals surface area contributed by atoms with Crippen molar-refractivity contribution < 1.29 is 51.4 Å². The van der Waals surface area contributed by atoms with Crippen LogP contribution >= 0.6 is 0 Å². The maximum atomic E-state index is 14.1. The van der Waals surface area contributed by atoms with E-state index in [1.54, 1.807) is 46.3 Å². The van der Waals surface area contributed by atoms with Crippen molar-refractivity contribution in [3.8, 4) is 17.0 Å². The number of amides is 7. The van der Waals surface area contributed by atoms with E-state index in [0.29, 0.717) is 96.7 Å². The molecule has 23 heteroatoms. The van der Waals surface area contributed by atoms with Gasteiger partial charge in [-0.2, -0.15) is 18.3 Å². The fraction of sp³-hybridized carbons (Fsp3) is 0.446. The van der Waals surface area contributed by atoms with Crippen LogP contribution in [0.5, 0.6) is 5.75 Å². The van der Waals surface area contributed by atoms with E-state index in [2.05, 4.69) is 41.0 Å². The smallest absolute Gasteiger partial charge is 0.416 e.